The van der Waals surface area contributed by atoms with Crippen LogP contribution in [-0.2, 0) is 0 Å². The van der Waals surface area contributed by atoms with Gasteiger partial charge in [0.1, 0.15) is 16.4 Å². The molecule has 1 aromatic carbocycles. The molecule has 1 amide bonds. The highest BCUT2D eigenvalue weighted by molar-refractivity contribution is 7.13. The van der Waals surface area contributed by atoms with Gasteiger partial charge in [-0.2, -0.15) is 0 Å². The van der Waals surface area contributed by atoms with Gasteiger partial charge in [-0.3, -0.25) is 4.79 Å². The Morgan fingerprint density at radius 2 is 2.08 bits per heavy atom. The van der Waals surface area contributed by atoms with Crippen LogP contribution in [0.5, 0.6) is 11.5 Å². The van der Waals surface area contributed by atoms with E-state index in [2.05, 4.69) is 18.8 Å². The minimum Gasteiger partial charge on any atom is -0.497 e. The van der Waals surface area contributed by atoms with Gasteiger partial charge in [-0.15, -0.1) is 11.3 Å². The Morgan fingerprint density at radius 1 is 1.31 bits per heavy atom. The van der Waals surface area contributed by atoms with Crippen molar-refractivity contribution in [3.05, 3.63) is 39.3 Å². The molecule has 1 fully saturated rings. The summed E-state index contributed by atoms with van der Waals surface area (Å²) in [5.74, 6) is 2.34. The quantitative estimate of drug-likeness (QED) is 0.786. The van der Waals surface area contributed by atoms with Crippen molar-refractivity contribution in [2.75, 3.05) is 27.3 Å². The van der Waals surface area contributed by atoms with Crippen molar-refractivity contribution in [1.82, 2.24) is 9.88 Å². The molecule has 26 heavy (non-hydrogen) atoms. The lowest BCUT2D eigenvalue weighted by Gasteiger charge is -2.18. The maximum Gasteiger partial charge on any atom is 0.265 e. The standard InChI is InChI=1S/C20H26N2O3S/c1-12(2)19-21-13(3)18(26-19)20(23)22-9-8-14(11-22)16-10-15(24-4)6-7-17(16)25-5/h6-7,10,12,14H,8-9,11H2,1-5H3/t14-/m1/s1. The summed E-state index contributed by atoms with van der Waals surface area (Å²) in [5.41, 5.74) is 1.94. The third-order valence-electron chi connectivity index (χ3n) is 4.85. The molecule has 6 heteroatoms. The highest BCUT2D eigenvalue weighted by Crippen LogP contribution is 2.37. The second-order valence-electron chi connectivity index (χ2n) is 6.97. The number of hydrogen-bond donors (Lipinski definition) is 0. The van der Waals surface area contributed by atoms with Gasteiger partial charge in [0.05, 0.1) is 24.9 Å². The fourth-order valence-corrected chi connectivity index (χ4v) is 4.40. The van der Waals surface area contributed by atoms with E-state index in [1.54, 1.807) is 14.2 Å². The van der Waals surface area contributed by atoms with Crippen LogP contribution in [0.4, 0.5) is 0 Å². The molecule has 0 unspecified atom stereocenters. The number of aromatic nitrogens is 1. The molecule has 2 heterocycles. The van der Waals surface area contributed by atoms with Gasteiger partial charge in [-0.25, -0.2) is 4.98 Å². The number of benzene rings is 1. The number of nitrogens with zero attached hydrogens (tertiary/aromatic N) is 2. The van der Waals surface area contributed by atoms with E-state index in [0.717, 1.165) is 45.6 Å². The van der Waals surface area contributed by atoms with Gasteiger partial charge >= 0.3 is 0 Å². The van der Waals surface area contributed by atoms with Gasteiger partial charge in [0.15, 0.2) is 0 Å². The number of aryl methyl sites for hydroxylation is 1. The van der Waals surface area contributed by atoms with Gasteiger partial charge in [-0.1, -0.05) is 13.8 Å². The molecule has 140 valence electrons. The number of amides is 1. The molecule has 0 spiro atoms. The molecular formula is C20H26N2O3S. The highest BCUT2D eigenvalue weighted by Gasteiger charge is 2.31. The van der Waals surface area contributed by atoms with Gasteiger partial charge in [0.2, 0.25) is 0 Å². The van der Waals surface area contributed by atoms with Crippen LogP contribution in [0, 0.1) is 6.92 Å². The highest BCUT2D eigenvalue weighted by atomic mass is 32.1. The number of rotatable bonds is 5. The van der Waals surface area contributed by atoms with Crippen LogP contribution < -0.4 is 9.47 Å². The summed E-state index contributed by atoms with van der Waals surface area (Å²) in [7, 11) is 3.34. The van der Waals surface area contributed by atoms with Crippen LogP contribution in [0.1, 0.15) is 58.0 Å². The smallest absolute Gasteiger partial charge is 0.265 e. The van der Waals surface area contributed by atoms with Gasteiger partial charge in [0, 0.05) is 30.5 Å². The summed E-state index contributed by atoms with van der Waals surface area (Å²) in [6.07, 6.45) is 0.921. The number of carbonyl (C=O) groups is 1. The van der Waals surface area contributed by atoms with Crippen LogP contribution in [0.2, 0.25) is 0 Å². The molecule has 0 radical (unpaired) electrons. The largest absolute Gasteiger partial charge is 0.497 e. The second-order valence-corrected chi connectivity index (χ2v) is 8.00. The molecule has 0 saturated carbocycles. The summed E-state index contributed by atoms with van der Waals surface area (Å²) in [6.45, 7) is 7.57. The molecule has 1 aromatic heterocycles. The fraction of sp³-hybridized carbons (Fsp3) is 0.500. The third kappa shape index (κ3) is 3.56. The average Bonchev–Trinajstić information content (AvgIpc) is 3.27. The summed E-state index contributed by atoms with van der Waals surface area (Å²) >= 11 is 1.53. The van der Waals surface area contributed by atoms with Gasteiger partial charge < -0.3 is 14.4 Å². The molecule has 0 N–H and O–H groups in total. The molecular weight excluding hydrogens is 348 g/mol. The summed E-state index contributed by atoms with van der Waals surface area (Å²) in [4.78, 5) is 20.3. The normalized spacial score (nSPS) is 17.0. The molecule has 0 aliphatic carbocycles. The first-order valence-corrected chi connectivity index (χ1v) is 9.74. The molecule has 1 saturated heterocycles. The Labute approximate surface area is 159 Å². The van der Waals surface area contributed by atoms with Crippen molar-refractivity contribution in [3.8, 4) is 11.5 Å². The SMILES string of the molecule is COc1ccc(OC)c([C@@H]2CCN(C(=O)c3sc(C(C)C)nc3C)C2)c1. The third-order valence-corrected chi connectivity index (χ3v) is 6.30. The topological polar surface area (TPSA) is 51.7 Å². The lowest BCUT2D eigenvalue weighted by molar-refractivity contribution is 0.0794. The Kier molecular flexibility index (Phi) is 5.51. The van der Waals surface area contributed by atoms with E-state index in [9.17, 15) is 4.79 Å². The zero-order valence-corrected chi connectivity index (χ0v) is 16.9. The molecule has 1 atom stereocenters. The van der Waals surface area contributed by atoms with E-state index < -0.39 is 0 Å². The van der Waals surface area contributed by atoms with Crippen molar-refractivity contribution in [2.24, 2.45) is 0 Å². The Bertz CT molecular complexity index is 800. The minimum atomic E-state index is 0.0938. The predicted molar refractivity (Wildman–Crippen MR) is 104 cm³/mol. The predicted octanol–water partition coefficient (Wildman–Crippen LogP) is 4.22. The molecule has 1 aliphatic rings. The number of methoxy groups -OCH3 is 2. The van der Waals surface area contributed by atoms with Crippen molar-refractivity contribution in [1.29, 1.82) is 0 Å². The Hall–Kier alpha value is -2.08. The Balaban J connectivity index is 1.79. The number of hydrogen-bond acceptors (Lipinski definition) is 5. The number of carbonyl (C=O) groups excluding carboxylic acids is 1. The van der Waals surface area contributed by atoms with E-state index in [1.165, 1.54) is 11.3 Å². The molecule has 2 aromatic rings. The van der Waals surface area contributed by atoms with Crippen molar-refractivity contribution < 1.29 is 14.3 Å². The first-order chi connectivity index (χ1) is 12.4. The van der Waals surface area contributed by atoms with E-state index in [1.807, 2.05) is 30.0 Å². The summed E-state index contributed by atoms with van der Waals surface area (Å²) in [5, 5.41) is 1.02. The first kappa shape index (κ1) is 18.7. The molecule has 0 bridgehead atoms. The minimum absolute atomic E-state index is 0.0938. The summed E-state index contributed by atoms with van der Waals surface area (Å²) < 4.78 is 10.9. The fourth-order valence-electron chi connectivity index (χ4n) is 3.36. The second kappa shape index (κ2) is 7.66. The number of ether oxygens (including phenoxy) is 2. The van der Waals surface area contributed by atoms with E-state index >= 15 is 0 Å². The lowest BCUT2D eigenvalue weighted by atomic mass is 9.97. The molecule has 1 aliphatic heterocycles. The molecule has 5 nitrogen and oxygen atoms in total. The molecule has 3 rings (SSSR count). The van der Waals surface area contributed by atoms with Crippen LogP contribution >= 0.6 is 11.3 Å². The van der Waals surface area contributed by atoms with Crippen LogP contribution in [0.25, 0.3) is 0 Å². The van der Waals surface area contributed by atoms with Crippen molar-refractivity contribution >= 4 is 17.2 Å². The Morgan fingerprint density at radius 3 is 2.69 bits per heavy atom. The van der Waals surface area contributed by atoms with Gasteiger partial charge in [-0.05, 0) is 31.5 Å². The summed E-state index contributed by atoms with van der Waals surface area (Å²) in [6, 6.07) is 5.85. The van der Waals surface area contributed by atoms with Crippen LogP contribution in [-0.4, -0.2) is 43.1 Å². The first-order valence-electron chi connectivity index (χ1n) is 8.93. The zero-order chi connectivity index (χ0) is 18.8. The average molecular weight is 375 g/mol. The van der Waals surface area contributed by atoms with Crippen LogP contribution in [0.3, 0.4) is 0 Å². The number of thiazole rings is 1. The zero-order valence-electron chi connectivity index (χ0n) is 16.0. The number of likely N-dealkylation sites (tertiary alicyclic amines) is 1. The van der Waals surface area contributed by atoms with Crippen molar-refractivity contribution in [3.63, 3.8) is 0 Å². The maximum atomic E-state index is 13.0. The van der Waals surface area contributed by atoms with E-state index in [-0.39, 0.29) is 11.8 Å². The van der Waals surface area contributed by atoms with Crippen LogP contribution in [0.15, 0.2) is 18.2 Å². The monoisotopic (exact) mass is 374 g/mol. The van der Waals surface area contributed by atoms with E-state index in [4.69, 9.17) is 9.47 Å². The van der Waals surface area contributed by atoms with E-state index in [0.29, 0.717) is 12.5 Å². The van der Waals surface area contributed by atoms with Gasteiger partial charge in [0.25, 0.3) is 5.91 Å². The lowest BCUT2D eigenvalue weighted by Crippen LogP contribution is -2.28. The van der Waals surface area contributed by atoms with Crippen molar-refractivity contribution in [2.45, 2.75) is 39.0 Å². The maximum absolute atomic E-state index is 13.0.